The Labute approximate surface area is 144 Å². The van der Waals surface area contributed by atoms with Crippen LogP contribution in [0.5, 0.6) is 0 Å². The van der Waals surface area contributed by atoms with Crippen LogP contribution < -0.4 is 9.62 Å². The normalized spacial score (nSPS) is 18.1. The highest BCUT2D eigenvalue weighted by molar-refractivity contribution is 7.89. The van der Waals surface area contributed by atoms with Crippen molar-refractivity contribution in [2.75, 3.05) is 24.5 Å². The number of anilines is 1. The van der Waals surface area contributed by atoms with Gasteiger partial charge in [-0.15, -0.1) is 0 Å². The van der Waals surface area contributed by atoms with Crippen molar-refractivity contribution in [1.82, 2.24) is 4.72 Å². The van der Waals surface area contributed by atoms with Gasteiger partial charge in [0, 0.05) is 25.3 Å². The van der Waals surface area contributed by atoms with Crippen LogP contribution >= 0.6 is 0 Å². The van der Waals surface area contributed by atoms with E-state index in [0.29, 0.717) is 17.4 Å². The molecule has 1 saturated heterocycles. The SMILES string of the molecule is Cc1cccc(N2CCC(CNS(=O)(=O)c3cccc(C)c3)C2)c1. The maximum absolute atomic E-state index is 12.4. The molecule has 0 bridgehead atoms. The van der Waals surface area contributed by atoms with E-state index in [4.69, 9.17) is 0 Å². The third kappa shape index (κ3) is 3.97. The molecule has 1 fully saturated rings. The summed E-state index contributed by atoms with van der Waals surface area (Å²) in [4.78, 5) is 2.68. The zero-order valence-corrected chi connectivity index (χ0v) is 15.0. The van der Waals surface area contributed by atoms with Crippen LogP contribution in [0.3, 0.4) is 0 Å². The molecule has 1 atom stereocenters. The summed E-state index contributed by atoms with van der Waals surface area (Å²) < 4.78 is 27.6. The van der Waals surface area contributed by atoms with Crippen molar-refractivity contribution in [3.05, 3.63) is 59.7 Å². The first kappa shape index (κ1) is 17.0. The van der Waals surface area contributed by atoms with E-state index >= 15 is 0 Å². The van der Waals surface area contributed by atoms with E-state index in [1.54, 1.807) is 18.2 Å². The quantitative estimate of drug-likeness (QED) is 0.907. The Balaban J connectivity index is 1.60. The Morgan fingerprint density at radius 3 is 2.50 bits per heavy atom. The molecule has 1 aliphatic rings. The van der Waals surface area contributed by atoms with Gasteiger partial charge in [0.05, 0.1) is 4.90 Å². The minimum Gasteiger partial charge on any atom is -0.371 e. The Morgan fingerprint density at radius 2 is 1.79 bits per heavy atom. The van der Waals surface area contributed by atoms with Crippen molar-refractivity contribution in [2.24, 2.45) is 5.92 Å². The molecule has 5 heteroatoms. The van der Waals surface area contributed by atoms with Crippen LogP contribution in [0.2, 0.25) is 0 Å². The fourth-order valence-electron chi connectivity index (χ4n) is 3.15. The van der Waals surface area contributed by atoms with Gasteiger partial charge in [-0.2, -0.15) is 0 Å². The molecule has 2 aromatic rings. The summed E-state index contributed by atoms with van der Waals surface area (Å²) in [6.07, 6.45) is 1.00. The molecule has 0 saturated carbocycles. The molecule has 0 amide bonds. The molecule has 1 unspecified atom stereocenters. The lowest BCUT2D eigenvalue weighted by molar-refractivity contribution is 0.541. The van der Waals surface area contributed by atoms with Crippen molar-refractivity contribution in [3.63, 3.8) is 0 Å². The number of nitrogens with zero attached hydrogens (tertiary/aromatic N) is 1. The predicted molar refractivity (Wildman–Crippen MR) is 97.9 cm³/mol. The molecule has 0 spiro atoms. The second kappa shape index (κ2) is 6.95. The summed E-state index contributed by atoms with van der Waals surface area (Å²) in [6, 6.07) is 15.5. The van der Waals surface area contributed by atoms with E-state index in [1.807, 2.05) is 13.0 Å². The second-order valence-corrected chi connectivity index (χ2v) is 8.38. The van der Waals surface area contributed by atoms with Gasteiger partial charge in [0.2, 0.25) is 10.0 Å². The summed E-state index contributed by atoms with van der Waals surface area (Å²) in [7, 11) is -3.43. The largest absolute Gasteiger partial charge is 0.371 e. The highest BCUT2D eigenvalue weighted by Gasteiger charge is 2.24. The fourth-order valence-corrected chi connectivity index (χ4v) is 4.37. The van der Waals surface area contributed by atoms with Gasteiger partial charge in [0.15, 0.2) is 0 Å². The summed E-state index contributed by atoms with van der Waals surface area (Å²) in [5.41, 5.74) is 3.42. The van der Waals surface area contributed by atoms with Gasteiger partial charge in [-0.3, -0.25) is 0 Å². The summed E-state index contributed by atoms with van der Waals surface area (Å²) in [5.74, 6) is 0.338. The molecular formula is C19H24N2O2S. The number of nitrogens with one attached hydrogen (secondary N) is 1. The van der Waals surface area contributed by atoms with Crippen LogP contribution in [0.1, 0.15) is 17.5 Å². The molecular weight excluding hydrogens is 320 g/mol. The monoisotopic (exact) mass is 344 g/mol. The van der Waals surface area contributed by atoms with E-state index in [2.05, 4.69) is 40.8 Å². The maximum Gasteiger partial charge on any atom is 0.240 e. The number of sulfonamides is 1. The van der Waals surface area contributed by atoms with Crippen molar-refractivity contribution in [1.29, 1.82) is 0 Å². The van der Waals surface area contributed by atoms with Gasteiger partial charge >= 0.3 is 0 Å². The van der Waals surface area contributed by atoms with Crippen molar-refractivity contribution < 1.29 is 8.42 Å². The predicted octanol–water partition coefficient (Wildman–Crippen LogP) is 3.11. The van der Waals surface area contributed by atoms with Gasteiger partial charge in [-0.05, 0) is 61.6 Å². The van der Waals surface area contributed by atoms with E-state index in [9.17, 15) is 8.42 Å². The van der Waals surface area contributed by atoms with Crippen LogP contribution in [0, 0.1) is 19.8 Å². The van der Waals surface area contributed by atoms with Gasteiger partial charge in [-0.25, -0.2) is 13.1 Å². The zero-order valence-electron chi connectivity index (χ0n) is 14.2. The smallest absolute Gasteiger partial charge is 0.240 e. The standard InChI is InChI=1S/C19H24N2O2S/c1-15-5-3-7-18(11-15)21-10-9-17(14-21)13-20-24(22,23)19-8-4-6-16(2)12-19/h3-8,11-12,17,20H,9-10,13-14H2,1-2H3. The lowest BCUT2D eigenvalue weighted by Crippen LogP contribution is -2.31. The molecule has 2 aromatic carbocycles. The number of hydrogen-bond donors (Lipinski definition) is 1. The van der Waals surface area contributed by atoms with Crippen LogP contribution in [0.4, 0.5) is 5.69 Å². The first-order valence-corrected chi connectivity index (χ1v) is 9.80. The van der Waals surface area contributed by atoms with Gasteiger partial charge in [-0.1, -0.05) is 24.3 Å². The zero-order chi connectivity index (χ0) is 17.2. The van der Waals surface area contributed by atoms with E-state index in [1.165, 1.54) is 11.3 Å². The summed E-state index contributed by atoms with van der Waals surface area (Å²) in [5, 5.41) is 0. The minimum absolute atomic E-state index is 0.338. The number of benzene rings is 2. The maximum atomic E-state index is 12.4. The van der Waals surface area contributed by atoms with Gasteiger partial charge < -0.3 is 4.90 Å². The minimum atomic E-state index is -3.43. The van der Waals surface area contributed by atoms with Crippen LogP contribution in [-0.4, -0.2) is 28.1 Å². The lowest BCUT2D eigenvalue weighted by atomic mass is 10.1. The summed E-state index contributed by atoms with van der Waals surface area (Å²) >= 11 is 0. The van der Waals surface area contributed by atoms with Gasteiger partial charge in [0.25, 0.3) is 0 Å². The lowest BCUT2D eigenvalue weighted by Gasteiger charge is -2.19. The molecule has 128 valence electrons. The number of hydrogen-bond acceptors (Lipinski definition) is 3. The Hall–Kier alpha value is -1.85. The van der Waals surface area contributed by atoms with E-state index < -0.39 is 10.0 Å². The molecule has 0 radical (unpaired) electrons. The second-order valence-electron chi connectivity index (χ2n) is 6.61. The van der Waals surface area contributed by atoms with Crippen LogP contribution in [0.25, 0.3) is 0 Å². The van der Waals surface area contributed by atoms with Crippen LogP contribution in [-0.2, 0) is 10.0 Å². The Kier molecular flexibility index (Phi) is 4.92. The highest BCUT2D eigenvalue weighted by Crippen LogP contribution is 2.24. The van der Waals surface area contributed by atoms with Crippen molar-refractivity contribution in [3.8, 4) is 0 Å². The first-order chi connectivity index (χ1) is 11.4. The average molecular weight is 344 g/mol. The molecule has 1 heterocycles. The average Bonchev–Trinajstić information content (AvgIpc) is 3.02. The molecule has 1 aliphatic heterocycles. The molecule has 24 heavy (non-hydrogen) atoms. The fraction of sp³-hybridized carbons (Fsp3) is 0.368. The third-order valence-electron chi connectivity index (χ3n) is 4.51. The molecule has 3 rings (SSSR count). The topological polar surface area (TPSA) is 49.4 Å². The molecule has 4 nitrogen and oxygen atoms in total. The van der Waals surface area contributed by atoms with E-state index in [-0.39, 0.29) is 0 Å². The van der Waals surface area contributed by atoms with Crippen LogP contribution in [0.15, 0.2) is 53.4 Å². The first-order valence-electron chi connectivity index (χ1n) is 8.32. The Morgan fingerprint density at radius 1 is 1.08 bits per heavy atom. The molecule has 0 aromatic heterocycles. The number of aryl methyl sites for hydroxylation is 2. The number of rotatable bonds is 5. The highest BCUT2D eigenvalue weighted by atomic mass is 32.2. The molecule has 1 N–H and O–H groups in total. The van der Waals surface area contributed by atoms with E-state index in [0.717, 1.165) is 25.1 Å². The Bertz CT molecular complexity index is 818. The summed E-state index contributed by atoms with van der Waals surface area (Å²) in [6.45, 7) is 6.33. The molecule has 0 aliphatic carbocycles. The van der Waals surface area contributed by atoms with Crippen molar-refractivity contribution >= 4 is 15.7 Å². The van der Waals surface area contributed by atoms with Gasteiger partial charge in [0.1, 0.15) is 0 Å². The van der Waals surface area contributed by atoms with Crippen molar-refractivity contribution in [2.45, 2.75) is 25.2 Å². The third-order valence-corrected chi connectivity index (χ3v) is 5.94.